The Morgan fingerprint density at radius 3 is 2.00 bits per heavy atom. The van der Waals surface area contributed by atoms with Gasteiger partial charge in [-0.15, -0.1) is 0 Å². The largest absolute Gasteiger partial charge is 0.300 e. The molecule has 0 spiro atoms. The fourth-order valence-electron chi connectivity index (χ4n) is 1.49. The van der Waals surface area contributed by atoms with E-state index in [4.69, 9.17) is 0 Å². The quantitative estimate of drug-likeness (QED) is 0.805. The van der Waals surface area contributed by atoms with Crippen LogP contribution in [0.4, 0.5) is 0 Å². The Balaban J connectivity index is 0.00000121. The number of rotatable bonds is 3. The summed E-state index contributed by atoms with van der Waals surface area (Å²) in [5.74, 6) is 1.40. The lowest BCUT2D eigenvalue weighted by Gasteiger charge is -2.19. The molecule has 98 valence electrons. The van der Waals surface area contributed by atoms with Crippen molar-refractivity contribution < 1.29 is 0 Å². The Morgan fingerprint density at radius 1 is 1.12 bits per heavy atom. The van der Waals surface area contributed by atoms with Crippen LogP contribution in [0.1, 0.15) is 63.7 Å². The highest BCUT2D eigenvalue weighted by atomic mass is 15.1. The summed E-state index contributed by atoms with van der Waals surface area (Å²) in [6, 6.07) is 0.268. The zero-order chi connectivity index (χ0) is 13.6. The van der Waals surface area contributed by atoms with Crippen molar-refractivity contribution in [2.24, 2.45) is 0 Å². The van der Waals surface area contributed by atoms with Crippen molar-refractivity contribution in [3.63, 3.8) is 0 Å². The topological polar surface area (TPSA) is 29.0 Å². The second-order valence-electron chi connectivity index (χ2n) is 4.56. The third-order valence-corrected chi connectivity index (χ3v) is 2.81. The van der Waals surface area contributed by atoms with Gasteiger partial charge in [-0.3, -0.25) is 4.90 Å². The molecule has 1 heterocycles. The summed E-state index contributed by atoms with van der Waals surface area (Å²) in [5.41, 5.74) is 2.34. The standard InChI is InChI=1S/C12H21N3.C2H6/c1-8(2)11-7-13-12(14-9(11)3)10(4)15(5)6;1-2/h7-8,10H,1-6H3;1-2H3/t10-;/m1./s1. The van der Waals surface area contributed by atoms with E-state index in [0.717, 1.165) is 11.5 Å². The van der Waals surface area contributed by atoms with E-state index in [-0.39, 0.29) is 6.04 Å². The van der Waals surface area contributed by atoms with Crippen LogP contribution in [0.25, 0.3) is 0 Å². The van der Waals surface area contributed by atoms with Gasteiger partial charge in [0.25, 0.3) is 0 Å². The number of aromatic nitrogens is 2. The minimum absolute atomic E-state index is 0.268. The average molecular weight is 237 g/mol. The van der Waals surface area contributed by atoms with Gasteiger partial charge in [0.05, 0.1) is 6.04 Å². The Bertz CT molecular complexity index is 332. The van der Waals surface area contributed by atoms with Gasteiger partial charge in [-0.2, -0.15) is 0 Å². The van der Waals surface area contributed by atoms with Gasteiger partial charge in [0, 0.05) is 11.9 Å². The highest BCUT2D eigenvalue weighted by Gasteiger charge is 2.13. The molecule has 1 aromatic rings. The molecule has 3 heteroatoms. The maximum Gasteiger partial charge on any atom is 0.145 e. The molecule has 17 heavy (non-hydrogen) atoms. The first-order valence-corrected chi connectivity index (χ1v) is 6.43. The van der Waals surface area contributed by atoms with E-state index >= 15 is 0 Å². The first-order chi connectivity index (χ1) is 7.93. The van der Waals surface area contributed by atoms with Crippen molar-refractivity contribution >= 4 is 0 Å². The second kappa shape index (κ2) is 7.38. The smallest absolute Gasteiger partial charge is 0.145 e. The molecule has 1 aromatic heterocycles. The minimum atomic E-state index is 0.268. The fraction of sp³-hybridized carbons (Fsp3) is 0.714. The Kier molecular flexibility index (Phi) is 6.97. The summed E-state index contributed by atoms with van der Waals surface area (Å²) in [6.45, 7) is 12.5. The van der Waals surface area contributed by atoms with Crippen molar-refractivity contribution in [3.8, 4) is 0 Å². The molecule has 3 nitrogen and oxygen atoms in total. The van der Waals surface area contributed by atoms with Gasteiger partial charge < -0.3 is 0 Å². The van der Waals surface area contributed by atoms with Crippen molar-refractivity contribution in [3.05, 3.63) is 23.3 Å². The number of aryl methyl sites for hydroxylation is 1. The summed E-state index contributed by atoms with van der Waals surface area (Å²) in [4.78, 5) is 11.1. The predicted octanol–water partition coefficient (Wildman–Crippen LogP) is 3.56. The molecule has 0 unspecified atom stereocenters. The molecule has 0 N–H and O–H groups in total. The molecule has 0 aliphatic heterocycles. The van der Waals surface area contributed by atoms with Crippen molar-refractivity contribution in [1.82, 2.24) is 14.9 Å². The molecule has 0 radical (unpaired) electrons. The SMILES string of the molecule is CC.Cc1nc([C@@H](C)N(C)C)ncc1C(C)C. The van der Waals surface area contributed by atoms with E-state index in [1.54, 1.807) is 0 Å². The van der Waals surface area contributed by atoms with Crippen molar-refractivity contribution in [2.45, 2.75) is 53.5 Å². The number of nitrogens with zero attached hydrogens (tertiary/aromatic N) is 3. The molecule has 1 atom stereocenters. The molecular formula is C14H27N3. The molecule has 0 aliphatic rings. The van der Waals surface area contributed by atoms with Crippen LogP contribution in [0.2, 0.25) is 0 Å². The van der Waals surface area contributed by atoms with E-state index in [1.165, 1.54) is 5.56 Å². The molecule has 0 aromatic carbocycles. The lowest BCUT2D eigenvalue weighted by atomic mass is 10.0. The van der Waals surface area contributed by atoms with Gasteiger partial charge >= 0.3 is 0 Å². The monoisotopic (exact) mass is 237 g/mol. The molecule has 0 bridgehead atoms. The molecule has 0 saturated heterocycles. The highest BCUT2D eigenvalue weighted by molar-refractivity contribution is 5.20. The van der Waals surface area contributed by atoms with E-state index in [9.17, 15) is 0 Å². The van der Waals surface area contributed by atoms with Gasteiger partial charge in [-0.1, -0.05) is 27.7 Å². The van der Waals surface area contributed by atoms with E-state index in [2.05, 4.69) is 42.6 Å². The molecule has 0 amide bonds. The lowest BCUT2D eigenvalue weighted by molar-refractivity contribution is 0.308. The number of hydrogen-bond donors (Lipinski definition) is 0. The zero-order valence-corrected chi connectivity index (χ0v) is 12.6. The molecule has 0 saturated carbocycles. The highest BCUT2D eigenvalue weighted by Crippen LogP contribution is 2.19. The molecule has 0 aliphatic carbocycles. The second-order valence-corrected chi connectivity index (χ2v) is 4.56. The summed E-state index contributed by atoms with van der Waals surface area (Å²) in [5, 5.41) is 0. The Labute approximate surface area is 106 Å². The molecule has 0 fully saturated rings. The van der Waals surface area contributed by atoms with Gasteiger partial charge in [0.15, 0.2) is 0 Å². The fourth-order valence-corrected chi connectivity index (χ4v) is 1.49. The zero-order valence-electron chi connectivity index (χ0n) is 12.6. The van der Waals surface area contributed by atoms with Crippen molar-refractivity contribution in [1.29, 1.82) is 0 Å². The Hall–Kier alpha value is -0.960. The van der Waals surface area contributed by atoms with Crippen molar-refractivity contribution in [2.75, 3.05) is 14.1 Å². The first-order valence-electron chi connectivity index (χ1n) is 6.43. The van der Waals surface area contributed by atoms with Gasteiger partial charge in [0.1, 0.15) is 5.82 Å². The van der Waals surface area contributed by atoms with E-state index in [1.807, 2.05) is 34.1 Å². The van der Waals surface area contributed by atoms with Crippen LogP contribution >= 0.6 is 0 Å². The lowest BCUT2D eigenvalue weighted by Crippen LogP contribution is -2.19. The van der Waals surface area contributed by atoms with Crippen LogP contribution in [0, 0.1) is 6.92 Å². The maximum atomic E-state index is 4.56. The number of hydrogen-bond acceptors (Lipinski definition) is 3. The Morgan fingerprint density at radius 2 is 1.65 bits per heavy atom. The van der Waals surface area contributed by atoms with Crippen LogP contribution < -0.4 is 0 Å². The molecule has 1 rings (SSSR count). The van der Waals surface area contributed by atoms with Gasteiger partial charge in [0.2, 0.25) is 0 Å². The first kappa shape index (κ1) is 16.0. The van der Waals surface area contributed by atoms with Crippen LogP contribution in [-0.4, -0.2) is 29.0 Å². The normalized spacial score (nSPS) is 12.4. The van der Waals surface area contributed by atoms with Crippen LogP contribution in [0.15, 0.2) is 6.20 Å². The maximum absolute atomic E-state index is 4.56. The van der Waals surface area contributed by atoms with Crippen LogP contribution in [0.5, 0.6) is 0 Å². The van der Waals surface area contributed by atoms with E-state index < -0.39 is 0 Å². The van der Waals surface area contributed by atoms with Crippen LogP contribution in [0.3, 0.4) is 0 Å². The van der Waals surface area contributed by atoms with Crippen LogP contribution in [-0.2, 0) is 0 Å². The minimum Gasteiger partial charge on any atom is -0.300 e. The van der Waals surface area contributed by atoms with Gasteiger partial charge in [-0.05, 0) is 39.4 Å². The summed E-state index contributed by atoms with van der Waals surface area (Å²) >= 11 is 0. The predicted molar refractivity (Wildman–Crippen MR) is 74.3 cm³/mol. The molecular weight excluding hydrogens is 210 g/mol. The summed E-state index contributed by atoms with van der Waals surface area (Å²) < 4.78 is 0. The third kappa shape index (κ3) is 4.43. The third-order valence-electron chi connectivity index (χ3n) is 2.81. The summed E-state index contributed by atoms with van der Waals surface area (Å²) in [6.07, 6.45) is 1.96. The van der Waals surface area contributed by atoms with E-state index in [0.29, 0.717) is 5.92 Å². The summed E-state index contributed by atoms with van der Waals surface area (Å²) in [7, 11) is 4.08. The average Bonchev–Trinajstić information content (AvgIpc) is 2.29. The van der Waals surface area contributed by atoms with Gasteiger partial charge in [-0.25, -0.2) is 9.97 Å².